The van der Waals surface area contributed by atoms with Crippen LogP contribution in [0, 0.1) is 5.92 Å². The van der Waals surface area contributed by atoms with Gasteiger partial charge in [-0.1, -0.05) is 46.5 Å². The summed E-state index contributed by atoms with van der Waals surface area (Å²) in [7, 11) is 0. The number of primary amides is 1. The topological polar surface area (TPSA) is 131 Å². The van der Waals surface area contributed by atoms with Gasteiger partial charge in [-0.3, -0.25) is 14.4 Å². The van der Waals surface area contributed by atoms with Crippen molar-refractivity contribution < 1.29 is 14.4 Å². The second-order valence-corrected chi connectivity index (χ2v) is 9.19. The first kappa shape index (κ1) is 24.1. The van der Waals surface area contributed by atoms with Crippen LogP contribution in [0.25, 0.3) is 0 Å². The highest BCUT2D eigenvalue weighted by molar-refractivity contribution is 7.09. The fourth-order valence-electron chi connectivity index (χ4n) is 3.94. The first-order valence-electron chi connectivity index (χ1n) is 10.9. The summed E-state index contributed by atoms with van der Waals surface area (Å²) >= 11 is 0.875. The molecule has 1 aliphatic carbocycles. The largest absolute Gasteiger partial charge is 0.395 e. The van der Waals surface area contributed by atoms with Gasteiger partial charge >= 0.3 is 0 Å². The van der Waals surface area contributed by atoms with E-state index in [2.05, 4.69) is 23.5 Å². The molecular formula is C21H35N5O3S. The van der Waals surface area contributed by atoms with Crippen LogP contribution in [0.4, 0.5) is 5.69 Å². The molecule has 1 saturated carbocycles. The van der Waals surface area contributed by atoms with Gasteiger partial charge in [0.2, 0.25) is 5.91 Å². The van der Waals surface area contributed by atoms with Crippen LogP contribution in [0.15, 0.2) is 0 Å². The number of nitrogens with zero attached hydrogens (tertiary/aromatic N) is 2. The molecule has 1 heterocycles. The number of amides is 3. The fourth-order valence-corrected chi connectivity index (χ4v) is 4.69. The van der Waals surface area contributed by atoms with Crippen molar-refractivity contribution in [2.75, 3.05) is 12.3 Å². The van der Waals surface area contributed by atoms with Crippen LogP contribution in [0.2, 0.25) is 0 Å². The minimum Gasteiger partial charge on any atom is -0.395 e. The Labute approximate surface area is 182 Å². The lowest BCUT2D eigenvalue weighted by Gasteiger charge is -2.39. The highest BCUT2D eigenvalue weighted by Crippen LogP contribution is 2.31. The van der Waals surface area contributed by atoms with Crippen LogP contribution >= 0.6 is 11.5 Å². The zero-order chi connectivity index (χ0) is 22.3. The van der Waals surface area contributed by atoms with Crippen molar-refractivity contribution in [1.82, 2.24) is 14.6 Å². The molecule has 1 fully saturated rings. The van der Waals surface area contributed by atoms with E-state index in [0.717, 1.165) is 56.5 Å². The van der Waals surface area contributed by atoms with E-state index in [4.69, 9.17) is 11.5 Å². The molecule has 0 saturated heterocycles. The molecule has 8 nitrogen and oxygen atoms in total. The number of aromatic nitrogens is 1. The number of anilines is 1. The summed E-state index contributed by atoms with van der Waals surface area (Å²) in [5, 5.41) is 3.01. The molecule has 168 valence electrons. The number of rotatable bonds is 10. The second-order valence-electron chi connectivity index (χ2n) is 8.42. The van der Waals surface area contributed by atoms with Crippen LogP contribution in [0.1, 0.15) is 92.3 Å². The Bertz CT molecular complexity index is 743. The van der Waals surface area contributed by atoms with Crippen LogP contribution in [0.5, 0.6) is 0 Å². The monoisotopic (exact) mass is 437 g/mol. The lowest BCUT2D eigenvalue weighted by Crippen LogP contribution is -2.54. The van der Waals surface area contributed by atoms with E-state index in [1.54, 1.807) is 4.90 Å². The van der Waals surface area contributed by atoms with Gasteiger partial charge in [0, 0.05) is 12.6 Å². The van der Waals surface area contributed by atoms with E-state index >= 15 is 0 Å². The Balaban J connectivity index is 2.35. The smallest absolute Gasteiger partial charge is 0.270 e. The van der Waals surface area contributed by atoms with Gasteiger partial charge in [-0.2, -0.15) is 4.37 Å². The van der Waals surface area contributed by atoms with Gasteiger partial charge in [0.1, 0.15) is 10.9 Å². The van der Waals surface area contributed by atoms with Gasteiger partial charge in [-0.15, -0.1) is 0 Å². The van der Waals surface area contributed by atoms with Crippen molar-refractivity contribution in [2.45, 2.75) is 84.2 Å². The average Bonchev–Trinajstić information content (AvgIpc) is 3.09. The molecule has 2 rings (SSSR count). The van der Waals surface area contributed by atoms with E-state index in [-0.39, 0.29) is 34.1 Å². The summed E-state index contributed by atoms with van der Waals surface area (Å²) in [5.41, 5.74) is 11.3. The average molecular weight is 438 g/mol. The molecule has 0 spiro atoms. The van der Waals surface area contributed by atoms with Gasteiger partial charge in [-0.05, 0) is 43.1 Å². The number of nitrogens with one attached hydrogen (secondary N) is 1. The normalized spacial score (nSPS) is 15.7. The van der Waals surface area contributed by atoms with Crippen LogP contribution in [-0.4, -0.2) is 45.6 Å². The van der Waals surface area contributed by atoms with E-state index in [1.807, 2.05) is 6.92 Å². The number of hydrogen-bond acceptors (Lipinski definition) is 6. The van der Waals surface area contributed by atoms with Gasteiger partial charge in [0.05, 0.1) is 5.69 Å². The van der Waals surface area contributed by atoms with Gasteiger partial charge in [0.15, 0.2) is 5.69 Å². The predicted octanol–water partition coefficient (Wildman–Crippen LogP) is 2.93. The number of carbonyl (C=O) groups excluding carboxylic acids is 3. The molecule has 1 atom stereocenters. The molecule has 9 heteroatoms. The highest BCUT2D eigenvalue weighted by Gasteiger charge is 2.37. The Morgan fingerprint density at radius 2 is 1.87 bits per heavy atom. The molecule has 1 aromatic rings. The highest BCUT2D eigenvalue weighted by atomic mass is 32.1. The maximum absolute atomic E-state index is 13.6. The number of nitrogen functional groups attached to an aromatic ring is 1. The first-order chi connectivity index (χ1) is 14.3. The van der Waals surface area contributed by atoms with Crippen molar-refractivity contribution in [1.29, 1.82) is 0 Å². The van der Waals surface area contributed by atoms with E-state index in [1.165, 1.54) is 0 Å². The number of hydrogen-bond donors (Lipinski definition) is 3. The molecule has 0 aliphatic heterocycles. The third-order valence-electron chi connectivity index (χ3n) is 5.58. The van der Waals surface area contributed by atoms with Gasteiger partial charge in [-0.25, -0.2) is 0 Å². The Morgan fingerprint density at radius 1 is 1.20 bits per heavy atom. The minimum absolute atomic E-state index is 0.00812. The van der Waals surface area contributed by atoms with Crippen LogP contribution in [-0.2, 0) is 4.79 Å². The second kappa shape index (κ2) is 11.3. The predicted molar refractivity (Wildman–Crippen MR) is 119 cm³/mol. The number of carbonyl (C=O) groups is 3. The Kier molecular flexibility index (Phi) is 9.08. The minimum atomic E-state index is -0.761. The molecule has 0 aromatic carbocycles. The van der Waals surface area contributed by atoms with Crippen molar-refractivity contribution >= 4 is 34.9 Å². The molecule has 0 bridgehead atoms. The van der Waals surface area contributed by atoms with Crippen LogP contribution in [0.3, 0.4) is 0 Å². The molecule has 5 N–H and O–H groups in total. The zero-order valence-electron chi connectivity index (χ0n) is 18.3. The summed E-state index contributed by atoms with van der Waals surface area (Å²) in [6.07, 6.45) is 7.09. The summed E-state index contributed by atoms with van der Waals surface area (Å²) in [5.74, 6) is -0.740. The molecular weight excluding hydrogens is 402 g/mol. The number of nitrogens with two attached hydrogens (primary N) is 2. The zero-order valence-corrected chi connectivity index (χ0v) is 19.1. The van der Waals surface area contributed by atoms with Crippen LogP contribution < -0.4 is 16.8 Å². The van der Waals surface area contributed by atoms with E-state index < -0.39 is 11.9 Å². The molecule has 1 aliphatic rings. The fraction of sp³-hybridized carbons (Fsp3) is 0.714. The lowest BCUT2D eigenvalue weighted by molar-refractivity contribution is -0.127. The standard InChI is InChI=1S/C21H35N5O3S/c1-4-8-15(20(28)24-12-11-13(2)3)26(14-9-6-5-7-10-14)21(29)18-16(22)17(19(23)27)25-30-18/h13-15H,4-12,22H2,1-3H3,(H2,23,27)(H,24,28). The molecule has 3 amide bonds. The van der Waals surface area contributed by atoms with Crippen molar-refractivity contribution in [3.05, 3.63) is 10.6 Å². The third-order valence-corrected chi connectivity index (χ3v) is 6.43. The summed E-state index contributed by atoms with van der Waals surface area (Å²) < 4.78 is 3.98. The Morgan fingerprint density at radius 3 is 2.40 bits per heavy atom. The van der Waals surface area contributed by atoms with Gasteiger partial charge in [0.25, 0.3) is 11.8 Å². The summed E-state index contributed by atoms with van der Waals surface area (Å²) in [6, 6.07) is -0.603. The molecule has 30 heavy (non-hydrogen) atoms. The molecule has 0 radical (unpaired) electrons. The lowest BCUT2D eigenvalue weighted by atomic mass is 9.92. The van der Waals surface area contributed by atoms with Crippen molar-refractivity contribution in [3.8, 4) is 0 Å². The summed E-state index contributed by atoms with van der Waals surface area (Å²) in [6.45, 7) is 6.80. The van der Waals surface area contributed by atoms with Crippen molar-refractivity contribution in [3.63, 3.8) is 0 Å². The third kappa shape index (κ3) is 5.93. The van der Waals surface area contributed by atoms with Crippen molar-refractivity contribution in [2.24, 2.45) is 11.7 Å². The van der Waals surface area contributed by atoms with Gasteiger partial charge < -0.3 is 21.7 Å². The SMILES string of the molecule is CCCC(C(=O)NCCC(C)C)N(C(=O)c1snc(C(N)=O)c1N)C1CCCCC1. The summed E-state index contributed by atoms with van der Waals surface area (Å²) in [4.78, 5) is 40.1. The molecule has 1 unspecified atom stereocenters. The van der Waals surface area contributed by atoms with E-state index in [0.29, 0.717) is 18.9 Å². The molecule has 1 aromatic heterocycles. The van der Waals surface area contributed by atoms with E-state index in [9.17, 15) is 14.4 Å². The maximum atomic E-state index is 13.6. The first-order valence-corrected chi connectivity index (χ1v) is 11.7. The Hall–Kier alpha value is -2.16. The quantitative estimate of drug-likeness (QED) is 0.518. The maximum Gasteiger partial charge on any atom is 0.270 e.